The Labute approximate surface area is 224 Å². The molecule has 0 spiro atoms. The average molecular weight is 525 g/mol. The summed E-state index contributed by atoms with van der Waals surface area (Å²) in [5, 5.41) is 13.0. The lowest BCUT2D eigenvalue weighted by atomic mass is 9.98. The Morgan fingerprint density at radius 2 is 1.90 bits per heavy atom. The van der Waals surface area contributed by atoms with Crippen LogP contribution in [0.3, 0.4) is 0 Å². The quantitative estimate of drug-likeness (QED) is 0.272. The SMILES string of the molecule is Cc1cc(-c2nc(C(=O)Nc3cn4cc(CCC(C)(C)O)nc4cc3-c3ccccc3C(N)=O)co2)ccn1. The summed E-state index contributed by atoms with van der Waals surface area (Å²) in [7, 11) is 0. The van der Waals surface area contributed by atoms with E-state index in [-0.39, 0.29) is 5.69 Å². The van der Waals surface area contributed by atoms with Gasteiger partial charge in [0.15, 0.2) is 5.69 Å². The number of anilines is 1. The third-order valence-electron chi connectivity index (χ3n) is 6.25. The van der Waals surface area contributed by atoms with Crippen molar-refractivity contribution in [3.05, 3.63) is 90.0 Å². The number of aliphatic hydroxyl groups is 1. The molecule has 0 saturated heterocycles. The number of nitrogens with zero attached hydrogens (tertiary/aromatic N) is 4. The minimum Gasteiger partial charge on any atom is -0.444 e. The summed E-state index contributed by atoms with van der Waals surface area (Å²) < 4.78 is 7.35. The molecular formula is C29H28N6O4. The first-order valence-corrected chi connectivity index (χ1v) is 12.4. The Kier molecular flexibility index (Phi) is 6.71. The van der Waals surface area contributed by atoms with Crippen LogP contribution in [0.15, 0.2) is 71.7 Å². The van der Waals surface area contributed by atoms with Crippen LogP contribution in [0.2, 0.25) is 0 Å². The molecule has 5 aromatic rings. The number of fused-ring (bicyclic) bond motifs is 1. The number of benzene rings is 1. The molecular weight excluding hydrogens is 496 g/mol. The van der Waals surface area contributed by atoms with Crippen LogP contribution in [-0.2, 0) is 6.42 Å². The van der Waals surface area contributed by atoms with E-state index in [1.165, 1.54) is 6.26 Å². The highest BCUT2D eigenvalue weighted by Crippen LogP contribution is 2.33. The third kappa shape index (κ3) is 5.70. The van der Waals surface area contributed by atoms with Gasteiger partial charge in [0.25, 0.3) is 5.91 Å². The van der Waals surface area contributed by atoms with Gasteiger partial charge in [0, 0.05) is 41.0 Å². The Morgan fingerprint density at radius 3 is 2.64 bits per heavy atom. The molecule has 1 aromatic carbocycles. The zero-order valence-electron chi connectivity index (χ0n) is 21.8. The molecule has 4 aromatic heterocycles. The van der Waals surface area contributed by atoms with E-state index in [0.29, 0.717) is 52.3 Å². The van der Waals surface area contributed by atoms with E-state index in [0.717, 1.165) is 11.4 Å². The summed E-state index contributed by atoms with van der Waals surface area (Å²) >= 11 is 0. The van der Waals surface area contributed by atoms with E-state index >= 15 is 0 Å². The number of primary amides is 1. The summed E-state index contributed by atoms with van der Waals surface area (Å²) in [4.78, 5) is 38.7. The first kappa shape index (κ1) is 25.8. The number of hydrogen-bond donors (Lipinski definition) is 3. The number of hydrogen-bond acceptors (Lipinski definition) is 7. The van der Waals surface area contributed by atoms with Crippen molar-refractivity contribution >= 4 is 23.1 Å². The third-order valence-corrected chi connectivity index (χ3v) is 6.25. The van der Waals surface area contributed by atoms with Crippen LogP contribution in [-0.4, -0.2) is 41.9 Å². The number of aromatic nitrogens is 4. The molecule has 5 rings (SSSR count). The van der Waals surface area contributed by atoms with Crippen molar-refractivity contribution in [3.63, 3.8) is 0 Å². The van der Waals surface area contributed by atoms with Crippen molar-refractivity contribution in [3.8, 4) is 22.6 Å². The lowest BCUT2D eigenvalue weighted by Gasteiger charge is -2.15. The van der Waals surface area contributed by atoms with Crippen LogP contribution in [0.4, 0.5) is 5.69 Å². The lowest BCUT2D eigenvalue weighted by molar-refractivity contribution is 0.0711. The highest BCUT2D eigenvalue weighted by Gasteiger charge is 2.20. The Bertz CT molecular complexity index is 1700. The molecule has 2 amide bonds. The van der Waals surface area contributed by atoms with Crippen molar-refractivity contribution in [2.75, 3.05) is 5.32 Å². The number of amides is 2. The molecule has 0 unspecified atom stereocenters. The van der Waals surface area contributed by atoms with Gasteiger partial charge < -0.3 is 25.0 Å². The Hall–Kier alpha value is -4.83. The van der Waals surface area contributed by atoms with Gasteiger partial charge in [-0.2, -0.15) is 0 Å². The Morgan fingerprint density at radius 1 is 1.10 bits per heavy atom. The van der Waals surface area contributed by atoms with Crippen LogP contribution < -0.4 is 11.1 Å². The highest BCUT2D eigenvalue weighted by atomic mass is 16.3. The van der Waals surface area contributed by atoms with Crippen LogP contribution in [0, 0.1) is 6.92 Å². The smallest absolute Gasteiger partial charge is 0.277 e. The summed E-state index contributed by atoms with van der Waals surface area (Å²) in [5.74, 6) is -0.785. The molecule has 10 nitrogen and oxygen atoms in total. The molecule has 4 heterocycles. The molecule has 10 heteroatoms. The van der Waals surface area contributed by atoms with E-state index in [1.54, 1.807) is 67.0 Å². The summed E-state index contributed by atoms with van der Waals surface area (Å²) in [5.41, 5.74) is 9.68. The van der Waals surface area contributed by atoms with Crippen molar-refractivity contribution in [1.29, 1.82) is 0 Å². The van der Waals surface area contributed by atoms with Gasteiger partial charge in [0.1, 0.15) is 11.9 Å². The maximum absolute atomic E-state index is 13.3. The van der Waals surface area contributed by atoms with Gasteiger partial charge in [-0.3, -0.25) is 14.6 Å². The van der Waals surface area contributed by atoms with Crippen molar-refractivity contribution in [2.24, 2.45) is 5.73 Å². The first-order valence-electron chi connectivity index (χ1n) is 12.4. The number of aryl methyl sites for hydroxylation is 2. The fourth-order valence-corrected chi connectivity index (χ4v) is 4.27. The fraction of sp³-hybridized carbons (Fsp3) is 0.207. The van der Waals surface area contributed by atoms with Crippen LogP contribution in [0.5, 0.6) is 0 Å². The van der Waals surface area contributed by atoms with Crippen LogP contribution in [0.25, 0.3) is 28.2 Å². The number of carbonyl (C=O) groups excluding carboxylic acids is 2. The second kappa shape index (κ2) is 10.1. The number of nitrogens with two attached hydrogens (primary N) is 1. The van der Waals surface area contributed by atoms with Crippen molar-refractivity contribution < 1.29 is 19.1 Å². The van der Waals surface area contributed by atoms with E-state index < -0.39 is 17.4 Å². The average Bonchev–Trinajstić information content (AvgIpc) is 3.54. The molecule has 0 aliphatic rings. The number of pyridine rings is 2. The van der Waals surface area contributed by atoms with E-state index in [1.807, 2.05) is 19.2 Å². The molecule has 4 N–H and O–H groups in total. The van der Waals surface area contributed by atoms with Gasteiger partial charge in [-0.25, -0.2) is 9.97 Å². The Balaban J connectivity index is 1.54. The summed E-state index contributed by atoms with van der Waals surface area (Å²) in [6.45, 7) is 5.36. The second-order valence-corrected chi connectivity index (χ2v) is 10.00. The van der Waals surface area contributed by atoms with Crippen molar-refractivity contribution in [2.45, 2.75) is 39.2 Å². The van der Waals surface area contributed by atoms with Gasteiger partial charge >= 0.3 is 0 Å². The van der Waals surface area contributed by atoms with E-state index in [9.17, 15) is 14.7 Å². The molecule has 39 heavy (non-hydrogen) atoms. The predicted octanol–water partition coefficient (Wildman–Crippen LogP) is 4.41. The molecule has 0 fully saturated rings. The number of rotatable bonds is 8. The molecule has 0 aliphatic carbocycles. The van der Waals surface area contributed by atoms with Gasteiger partial charge in [0.05, 0.1) is 17.0 Å². The number of nitrogens with one attached hydrogen (secondary N) is 1. The minimum atomic E-state index is -0.827. The maximum Gasteiger partial charge on any atom is 0.277 e. The zero-order valence-corrected chi connectivity index (χ0v) is 21.8. The maximum atomic E-state index is 13.3. The predicted molar refractivity (Wildman–Crippen MR) is 146 cm³/mol. The minimum absolute atomic E-state index is 0.0881. The molecule has 198 valence electrons. The molecule has 0 bridgehead atoms. The standard InChI is InChI=1S/C29H28N6O4/c1-17-12-18(9-11-31-17)28-34-24(16-39-28)27(37)33-23-15-35-14-19(8-10-29(2,3)38)32-25(35)13-22(23)20-6-4-5-7-21(20)26(30)36/h4-7,9,11-16,38H,8,10H2,1-3H3,(H2,30,36)(H,33,37). The molecule has 0 aliphatic heterocycles. The lowest BCUT2D eigenvalue weighted by Crippen LogP contribution is -2.19. The van der Waals surface area contributed by atoms with Gasteiger partial charge in [0.2, 0.25) is 11.8 Å². The number of carbonyl (C=O) groups is 2. The number of oxazole rings is 1. The van der Waals surface area contributed by atoms with Crippen LogP contribution >= 0.6 is 0 Å². The zero-order chi connectivity index (χ0) is 27.7. The first-order chi connectivity index (χ1) is 18.6. The van der Waals surface area contributed by atoms with Crippen LogP contribution in [0.1, 0.15) is 52.5 Å². The fourth-order valence-electron chi connectivity index (χ4n) is 4.27. The molecule has 0 saturated carbocycles. The van der Waals surface area contributed by atoms with E-state index in [2.05, 4.69) is 20.3 Å². The van der Waals surface area contributed by atoms with Gasteiger partial charge in [-0.05, 0) is 63.4 Å². The topological polar surface area (TPSA) is 149 Å². The summed E-state index contributed by atoms with van der Waals surface area (Å²) in [6, 6.07) is 12.3. The second-order valence-electron chi connectivity index (χ2n) is 10.00. The normalized spacial score (nSPS) is 11.6. The largest absolute Gasteiger partial charge is 0.444 e. The molecule has 0 radical (unpaired) electrons. The van der Waals surface area contributed by atoms with E-state index in [4.69, 9.17) is 10.2 Å². The summed E-state index contributed by atoms with van der Waals surface area (Å²) in [6.07, 6.45) is 7.61. The van der Waals surface area contributed by atoms with Gasteiger partial charge in [-0.1, -0.05) is 18.2 Å². The monoisotopic (exact) mass is 524 g/mol. The number of imidazole rings is 1. The van der Waals surface area contributed by atoms with Crippen molar-refractivity contribution in [1.82, 2.24) is 19.4 Å². The van der Waals surface area contributed by atoms with Gasteiger partial charge in [-0.15, -0.1) is 0 Å². The highest BCUT2D eigenvalue weighted by molar-refractivity contribution is 6.07. The molecule has 0 atom stereocenters.